The Morgan fingerprint density at radius 2 is 1.18 bits per heavy atom. The molecule has 0 saturated carbocycles. The van der Waals surface area contributed by atoms with Crippen LogP contribution in [0.4, 0.5) is 0 Å². The Morgan fingerprint density at radius 1 is 0.773 bits per heavy atom. The molecule has 0 unspecified atom stereocenters. The maximum absolute atomic E-state index is 11.5. The molecular formula is C14H24I2NO5. The minimum absolute atomic E-state index is 0.0795. The molecular weight excluding hydrogens is 516 g/mol. The molecule has 0 heterocycles. The lowest BCUT2D eigenvalue weighted by atomic mass is 10.2. The highest BCUT2D eigenvalue weighted by Crippen LogP contribution is 2.01. The van der Waals surface area contributed by atoms with Crippen molar-refractivity contribution < 1.29 is 24.3 Å². The van der Waals surface area contributed by atoms with Crippen LogP contribution in [0.2, 0.25) is 0 Å². The molecule has 0 saturated heterocycles. The lowest BCUT2D eigenvalue weighted by molar-refractivity contribution is -0.178. The van der Waals surface area contributed by atoms with E-state index < -0.39 is 0 Å². The molecule has 0 aliphatic rings. The molecule has 1 radical (unpaired) electrons. The smallest absolute Gasteiger partial charge is 0.305 e. The van der Waals surface area contributed by atoms with Gasteiger partial charge in [0.2, 0.25) is 0 Å². The number of hydrogen-bond acceptors (Lipinski definition) is 5. The van der Waals surface area contributed by atoms with E-state index in [0.717, 1.165) is 39.6 Å². The van der Waals surface area contributed by atoms with Crippen molar-refractivity contribution in [3.63, 3.8) is 0 Å². The molecule has 0 bridgehead atoms. The monoisotopic (exact) mass is 540 g/mol. The number of hydrogen-bond donors (Lipinski definition) is 0. The van der Waals surface area contributed by atoms with Crippen LogP contribution in [0.5, 0.6) is 0 Å². The molecule has 0 aromatic carbocycles. The van der Waals surface area contributed by atoms with Gasteiger partial charge in [-0.05, 0) is 34.5 Å². The fourth-order valence-corrected chi connectivity index (χ4v) is 2.59. The molecule has 0 N–H and O–H groups in total. The topological polar surface area (TPSA) is 75.7 Å². The highest BCUT2D eigenvalue weighted by atomic mass is 127. The molecule has 0 amide bonds. The number of hydroxylamine groups is 2. The average molecular weight is 540 g/mol. The van der Waals surface area contributed by atoms with E-state index in [-0.39, 0.29) is 38.2 Å². The summed E-state index contributed by atoms with van der Waals surface area (Å²) in [6, 6.07) is 0. The summed E-state index contributed by atoms with van der Waals surface area (Å²) in [6.07, 6.45) is 4.42. The quantitative estimate of drug-likeness (QED) is 0.111. The molecule has 22 heavy (non-hydrogen) atoms. The van der Waals surface area contributed by atoms with Crippen molar-refractivity contribution in [3.8, 4) is 0 Å². The maximum atomic E-state index is 11.5. The van der Waals surface area contributed by atoms with Gasteiger partial charge in [-0.1, -0.05) is 45.2 Å². The maximum Gasteiger partial charge on any atom is 0.305 e. The van der Waals surface area contributed by atoms with Gasteiger partial charge in [0, 0.05) is 12.8 Å². The summed E-state index contributed by atoms with van der Waals surface area (Å²) < 4.78 is 12.0. The summed E-state index contributed by atoms with van der Waals surface area (Å²) in [6.45, 7) is 0.362. The van der Waals surface area contributed by atoms with Crippen molar-refractivity contribution in [1.29, 1.82) is 0 Å². The number of halogens is 2. The summed E-state index contributed by atoms with van der Waals surface area (Å²) in [4.78, 5) is 22.6. The molecule has 0 aliphatic carbocycles. The van der Waals surface area contributed by atoms with Crippen LogP contribution in [0.3, 0.4) is 0 Å². The van der Waals surface area contributed by atoms with E-state index in [1.165, 1.54) is 0 Å². The van der Waals surface area contributed by atoms with Gasteiger partial charge in [0.15, 0.2) is 0 Å². The lowest BCUT2D eigenvalue weighted by Crippen LogP contribution is -2.28. The molecule has 129 valence electrons. The zero-order valence-corrected chi connectivity index (χ0v) is 17.0. The summed E-state index contributed by atoms with van der Waals surface area (Å²) in [7, 11) is 0. The predicted molar refractivity (Wildman–Crippen MR) is 99.7 cm³/mol. The number of carbonyl (C=O) groups excluding carboxylic acids is 2. The predicted octanol–water partition coefficient (Wildman–Crippen LogP) is 2.93. The van der Waals surface area contributed by atoms with E-state index in [0.29, 0.717) is 12.8 Å². The highest BCUT2D eigenvalue weighted by Gasteiger charge is 2.08. The molecule has 0 fully saturated rings. The number of nitrogens with zero attached hydrogens (tertiary/aromatic N) is 1. The van der Waals surface area contributed by atoms with E-state index >= 15 is 0 Å². The van der Waals surface area contributed by atoms with Gasteiger partial charge in [0.05, 0.1) is 13.1 Å². The summed E-state index contributed by atoms with van der Waals surface area (Å²) in [5.74, 6) is -0.528. The van der Waals surface area contributed by atoms with Gasteiger partial charge in [0.25, 0.3) is 0 Å². The first-order valence-corrected chi connectivity index (χ1v) is 10.5. The minimum atomic E-state index is -0.264. The van der Waals surface area contributed by atoms with Gasteiger partial charge < -0.3 is 9.47 Å². The summed E-state index contributed by atoms with van der Waals surface area (Å²) >= 11 is 4.52. The fourth-order valence-electron chi connectivity index (χ4n) is 1.51. The molecule has 6 nitrogen and oxygen atoms in total. The number of alkyl halides is 2. The van der Waals surface area contributed by atoms with Crippen LogP contribution in [0.1, 0.15) is 38.5 Å². The Kier molecular flexibility index (Phi) is 16.4. The fraction of sp³-hybridized carbons (Fsp3) is 0.857. The van der Waals surface area contributed by atoms with Crippen LogP contribution in [0.15, 0.2) is 0 Å². The van der Waals surface area contributed by atoms with Gasteiger partial charge in [-0.25, -0.2) is 0 Å². The number of ether oxygens (including phenoxy) is 2. The summed E-state index contributed by atoms with van der Waals surface area (Å²) in [5, 5.41) is 12.2. The number of unbranched alkanes of at least 4 members (excludes halogenated alkanes) is 2. The third-order valence-electron chi connectivity index (χ3n) is 2.74. The van der Waals surface area contributed by atoms with Crippen LogP contribution < -0.4 is 0 Å². The number of rotatable bonds is 14. The van der Waals surface area contributed by atoms with Gasteiger partial charge in [0.1, 0.15) is 13.2 Å². The highest BCUT2D eigenvalue weighted by molar-refractivity contribution is 14.1. The van der Waals surface area contributed by atoms with Crippen LogP contribution in [0, 0.1) is 0 Å². The lowest BCUT2D eigenvalue weighted by Gasteiger charge is -2.12. The Labute approximate surface area is 159 Å². The summed E-state index contributed by atoms with van der Waals surface area (Å²) in [5.41, 5.74) is 0. The Hall–Kier alpha value is 0.320. The van der Waals surface area contributed by atoms with Crippen LogP contribution in [0.25, 0.3) is 0 Å². The molecule has 0 spiro atoms. The van der Waals surface area contributed by atoms with Crippen LogP contribution >= 0.6 is 45.2 Å². The first kappa shape index (κ1) is 22.3. The zero-order chi connectivity index (χ0) is 16.6. The second kappa shape index (κ2) is 16.2. The van der Waals surface area contributed by atoms with Gasteiger partial charge in [-0.15, -0.1) is 10.3 Å². The molecule has 0 aliphatic heterocycles. The third kappa shape index (κ3) is 15.2. The van der Waals surface area contributed by atoms with Crippen molar-refractivity contribution in [2.75, 3.05) is 35.2 Å². The second-order valence-corrected chi connectivity index (χ2v) is 6.82. The van der Waals surface area contributed by atoms with E-state index in [1.807, 2.05) is 0 Å². The van der Waals surface area contributed by atoms with E-state index in [2.05, 4.69) is 45.2 Å². The van der Waals surface area contributed by atoms with Crippen LogP contribution in [-0.2, 0) is 24.3 Å². The number of esters is 2. The van der Waals surface area contributed by atoms with Gasteiger partial charge in [-0.3, -0.25) is 9.59 Å². The number of carbonyl (C=O) groups is 2. The van der Waals surface area contributed by atoms with Gasteiger partial charge >= 0.3 is 11.9 Å². The van der Waals surface area contributed by atoms with Crippen molar-refractivity contribution in [2.24, 2.45) is 0 Å². The Balaban J connectivity index is 3.47. The molecule has 0 atom stereocenters. The normalized spacial score (nSPS) is 10.7. The third-order valence-corrected chi connectivity index (χ3v) is 4.26. The first-order valence-electron chi connectivity index (χ1n) is 7.45. The largest absolute Gasteiger partial charge is 0.464 e. The van der Waals surface area contributed by atoms with E-state index in [4.69, 9.17) is 9.47 Å². The molecule has 0 aromatic rings. The standard InChI is InChI=1S/C14H24I2NO5/c15-7-3-1-5-13(18)21-11-9-17(20)10-12-22-14(19)6-2-4-8-16/h1-12H2. The molecule has 0 aromatic heterocycles. The SMILES string of the molecule is [O]N(CCOC(=O)CCCCI)CCOC(=O)CCCCI. The zero-order valence-electron chi connectivity index (χ0n) is 12.7. The Morgan fingerprint density at radius 3 is 1.55 bits per heavy atom. The minimum Gasteiger partial charge on any atom is -0.464 e. The van der Waals surface area contributed by atoms with Crippen molar-refractivity contribution >= 4 is 57.1 Å². The first-order chi connectivity index (χ1) is 10.6. The van der Waals surface area contributed by atoms with Crippen molar-refractivity contribution in [1.82, 2.24) is 5.06 Å². The van der Waals surface area contributed by atoms with E-state index in [1.54, 1.807) is 0 Å². The van der Waals surface area contributed by atoms with Crippen LogP contribution in [-0.4, -0.2) is 52.2 Å². The van der Waals surface area contributed by atoms with Crippen molar-refractivity contribution in [2.45, 2.75) is 38.5 Å². The van der Waals surface area contributed by atoms with E-state index in [9.17, 15) is 14.8 Å². The van der Waals surface area contributed by atoms with Gasteiger partial charge in [-0.2, -0.15) is 0 Å². The second-order valence-electron chi connectivity index (χ2n) is 4.66. The molecule has 8 heteroatoms. The Bertz CT molecular complexity index is 277. The average Bonchev–Trinajstić information content (AvgIpc) is 2.48. The van der Waals surface area contributed by atoms with Crippen molar-refractivity contribution in [3.05, 3.63) is 0 Å². The molecule has 0 rings (SSSR count).